The van der Waals surface area contributed by atoms with Gasteiger partial charge in [0.25, 0.3) is 5.56 Å². The maximum Gasteiger partial charge on any atom is 0.333 e. The number of rotatable bonds is 4. The average Bonchev–Trinajstić information content (AvgIpc) is 3.05. The average molecular weight is 370 g/mol. The van der Waals surface area contributed by atoms with Crippen LogP contribution in [-0.4, -0.2) is 56.9 Å². The van der Waals surface area contributed by atoms with E-state index in [1.54, 1.807) is 10.7 Å². The normalized spacial score (nSPS) is 18.1. The molecule has 1 aliphatic rings. The molecule has 0 amide bonds. The summed E-state index contributed by atoms with van der Waals surface area (Å²) in [6.45, 7) is 5.98. The number of aromatic nitrogens is 4. The zero-order chi connectivity index (χ0) is 19.0. The molecule has 9 nitrogen and oxygen atoms in total. The molecular weight excluding hydrogens is 348 g/mol. The van der Waals surface area contributed by atoms with E-state index in [1.807, 2.05) is 18.3 Å². The van der Waals surface area contributed by atoms with E-state index in [9.17, 15) is 9.59 Å². The Labute approximate surface area is 155 Å². The van der Waals surface area contributed by atoms with Gasteiger partial charge in [-0.25, -0.2) is 9.31 Å². The summed E-state index contributed by atoms with van der Waals surface area (Å²) in [7, 11) is 1.39. The van der Waals surface area contributed by atoms with Crippen molar-refractivity contribution >= 4 is 5.52 Å². The molecule has 1 saturated heterocycles. The predicted octanol–water partition coefficient (Wildman–Crippen LogP) is -0.0242. The molecule has 4 heterocycles. The molecule has 9 heteroatoms. The highest BCUT2D eigenvalue weighted by molar-refractivity contribution is 5.64. The molecule has 0 bridgehead atoms. The van der Waals surface area contributed by atoms with Crippen LogP contribution in [0.4, 0.5) is 0 Å². The first kappa shape index (κ1) is 17.5. The van der Waals surface area contributed by atoms with E-state index in [4.69, 9.17) is 4.74 Å². The van der Waals surface area contributed by atoms with Gasteiger partial charge in [0.05, 0.1) is 30.7 Å². The molecule has 3 aromatic heterocycles. The lowest BCUT2D eigenvalue weighted by molar-refractivity contribution is 0.199. The summed E-state index contributed by atoms with van der Waals surface area (Å²) in [4.78, 5) is 28.7. The fourth-order valence-electron chi connectivity index (χ4n) is 3.49. The summed E-state index contributed by atoms with van der Waals surface area (Å²) in [5.74, 6) is 0.0694. The molecular formula is C18H22N6O3. The minimum atomic E-state index is -0.552. The second-order valence-electron chi connectivity index (χ2n) is 6.81. The summed E-state index contributed by atoms with van der Waals surface area (Å²) >= 11 is 0. The fraction of sp³-hybridized carbons (Fsp3) is 0.389. The van der Waals surface area contributed by atoms with Gasteiger partial charge < -0.3 is 10.1 Å². The van der Waals surface area contributed by atoms with Crippen molar-refractivity contribution in [1.29, 1.82) is 0 Å². The maximum atomic E-state index is 12.3. The Morgan fingerprint density at radius 1 is 1.37 bits per heavy atom. The molecule has 1 fully saturated rings. The smallest absolute Gasteiger partial charge is 0.333 e. The van der Waals surface area contributed by atoms with Crippen LogP contribution in [0.2, 0.25) is 0 Å². The van der Waals surface area contributed by atoms with E-state index in [0.717, 1.165) is 37.3 Å². The molecule has 27 heavy (non-hydrogen) atoms. The number of piperazine rings is 1. The van der Waals surface area contributed by atoms with Crippen LogP contribution in [-0.2, 0) is 6.54 Å². The fourth-order valence-corrected chi connectivity index (χ4v) is 3.49. The summed E-state index contributed by atoms with van der Waals surface area (Å²) in [6, 6.07) is 4.53. The number of fused-ring (bicyclic) bond motifs is 1. The second kappa shape index (κ2) is 7.01. The summed E-state index contributed by atoms with van der Waals surface area (Å²) in [6.07, 6.45) is 4.88. The number of hydrogen-bond donors (Lipinski definition) is 2. The first-order chi connectivity index (χ1) is 13.0. The topological polar surface area (TPSA) is 96.7 Å². The number of ether oxygens (including phenoxy) is 1. The molecule has 0 radical (unpaired) electrons. The van der Waals surface area contributed by atoms with Crippen molar-refractivity contribution < 1.29 is 4.74 Å². The van der Waals surface area contributed by atoms with Crippen LogP contribution in [0.25, 0.3) is 11.2 Å². The first-order valence-electron chi connectivity index (χ1n) is 8.87. The zero-order valence-electron chi connectivity index (χ0n) is 15.3. The van der Waals surface area contributed by atoms with Crippen LogP contribution in [0.3, 0.4) is 0 Å². The highest BCUT2D eigenvalue weighted by Gasteiger charge is 2.17. The van der Waals surface area contributed by atoms with Crippen LogP contribution >= 0.6 is 0 Å². The van der Waals surface area contributed by atoms with Crippen molar-refractivity contribution in [2.45, 2.75) is 19.5 Å². The molecule has 1 aliphatic heterocycles. The lowest BCUT2D eigenvalue weighted by Gasteiger charge is -2.31. The Bertz CT molecular complexity index is 1080. The number of aromatic amines is 1. The third kappa shape index (κ3) is 3.38. The molecule has 0 unspecified atom stereocenters. The van der Waals surface area contributed by atoms with Crippen LogP contribution in [0.1, 0.15) is 12.5 Å². The van der Waals surface area contributed by atoms with E-state index in [1.165, 1.54) is 17.9 Å². The quantitative estimate of drug-likeness (QED) is 0.670. The van der Waals surface area contributed by atoms with Gasteiger partial charge in [0.1, 0.15) is 0 Å². The van der Waals surface area contributed by atoms with Gasteiger partial charge >= 0.3 is 5.69 Å². The summed E-state index contributed by atoms with van der Waals surface area (Å²) < 4.78 is 8.10. The number of hydrogen-bond acceptors (Lipinski definition) is 6. The van der Waals surface area contributed by atoms with E-state index >= 15 is 0 Å². The Hall–Kier alpha value is -2.91. The molecule has 0 aromatic carbocycles. The Kier molecular flexibility index (Phi) is 4.54. The van der Waals surface area contributed by atoms with Crippen molar-refractivity contribution in [2.24, 2.45) is 0 Å². The molecule has 3 aromatic rings. The highest BCUT2D eigenvalue weighted by Crippen LogP contribution is 2.18. The van der Waals surface area contributed by atoms with Crippen molar-refractivity contribution in [3.8, 4) is 11.4 Å². The SMILES string of the molecule is COc1cn(-c2cnn3ccc(CN4CCN[C@@H](C)C4)cc23)c(=O)[nH]c1=O. The van der Waals surface area contributed by atoms with Crippen molar-refractivity contribution in [1.82, 2.24) is 29.4 Å². The van der Waals surface area contributed by atoms with Crippen molar-refractivity contribution in [3.63, 3.8) is 0 Å². The van der Waals surface area contributed by atoms with Gasteiger partial charge in [-0.2, -0.15) is 5.10 Å². The molecule has 0 aliphatic carbocycles. The van der Waals surface area contributed by atoms with Gasteiger partial charge in [-0.1, -0.05) is 0 Å². The third-order valence-electron chi connectivity index (χ3n) is 4.81. The number of nitrogens with zero attached hydrogens (tertiary/aromatic N) is 4. The van der Waals surface area contributed by atoms with E-state index < -0.39 is 11.2 Å². The van der Waals surface area contributed by atoms with E-state index in [0.29, 0.717) is 11.7 Å². The molecule has 2 N–H and O–H groups in total. The van der Waals surface area contributed by atoms with Gasteiger partial charge in [0.2, 0.25) is 5.75 Å². The number of methoxy groups -OCH3 is 1. The largest absolute Gasteiger partial charge is 0.490 e. The van der Waals surface area contributed by atoms with Gasteiger partial charge in [-0.3, -0.25) is 19.2 Å². The van der Waals surface area contributed by atoms with Crippen molar-refractivity contribution in [2.75, 3.05) is 26.7 Å². The van der Waals surface area contributed by atoms with Gasteiger partial charge in [-0.15, -0.1) is 0 Å². The number of H-pyrrole nitrogens is 1. The molecule has 1 atom stereocenters. The summed E-state index contributed by atoms with van der Waals surface area (Å²) in [5.41, 5.74) is 1.43. The zero-order valence-corrected chi connectivity index (χ0v) is 15.3. The molecule has 142 valence electrons. The number of pyridine rings is 1. The standard InChI is InChI=1S/C18H22N6O3/c1-12-9-22(6-4-19-12)10-13-3-5-24-14(7-13)15(8-20-24)23-11-16(27-2)17(25)21-18(23)26/h3,5,7-8,11-12,19H,4,6,9-10H2,1-2H3,(H,21,25,26)/t12-/m0/s1. The Balaban J connectivity index is 1.73. The molecule has 4 rings (SSSR count). The van der Waals surface area contributed by atoms with Crippen LogP contribution in [0.5, 0.6) is 5.75 Å². The highest BCUT2D eigenvalue weighted by atomic mass is 16.5. The van der Waals surface area contributed by atoms with Gasteiger partial charge in [0, 0.05) is 38.4 Å². The van der Waals surface area contributed by atoms with Gasteiger partial charge in [0.15, 0.2) is 0 Å². The molecule has 0 spiro atoms. The number of nitrogens with one attached hydrogen (secondary N) is 2. The Morgan fingerprint density at radius 2 is 2.22 bits per heavy atom. The maximum absolute atomic E-state index is 12.3. The molecule has 0 saturated carbocycles. The van der Waals surface area contributed by atoms with Crippen LogP contribution in [0.15, 0.2) is 40.3 Å². The van der Waals surface area contributed by atoms with Gasteiger partial charge in [-0.05, 0) is 24.6 Å². The Morgan fingerprint density at radius 3 is 3.00 bits per heavy atom. The first-order valence-corrected chi connectivity index (χ1v) is 8.87. The monoisotopic (exact) mass is 370 g/mol. The lowest BCUT2D eigenvalue weighted by atomic mass is 10.2. The second-order valence-corrected chi connectivity index (χ2v) is 6.81. The van der Waals surface area contributed by atoms with Crippen LogP contribution < -0.4 is 21.3 Å². The third-order valence-corrected chi connectivity index (χ3v) is 4.81. The minimum Gasteiger partial charge on any atom is -0.490 e. The summed E-state index contributed by atoms with van der Waals surface area (Å²) in [5, 5.41) is 7.76. The lowest BCUT2D eigenvalue weighted by Crippen LogP contribution is -2.48. The van der Waals surface area contributed by atoms with Crippen molar-refractivity contribution in [3.05, 3.63) is 57.1 Å². The predicted molar refractivity (Wildman–Crippen MR) is 101 cm³/mol. The minimum absolute atomic E-state index is 0.0694. The van der Waals surface area contributed by atoms with E-state index in [-0.39, 0.29) is 5.75 Å². The van der Waals surface area contributed by atoms with E-state index in [2.05, 4.69) is 27.2 Å². The van der Waals surface area contributed by atoms with Crippen LogP contribution in [0, 0.1) is 0 Å².